The number of aliphatic hydroxyl groups is 1. The fraction of sp³-hybridized carbons (Fsp3) is 0.821. The predicted octanol–water partition coefficient (Wildman–Crippen LogP) is 5.66. The fourth-order valence-electron chi connectivity index (χ4n) is 3.75. The van der Waals surface area contributed by atoms with Crippen molar-refractivity contribution < 1.29 is 24.2 Å². The first-order valence-electron chi connectivity index (χ1n) is 13.9. The van der Waals surface area contributed by atoms with Gasteiger partial charge in [0.25, 0.3) is 6.47 Å². The highest BCUT2D eigenvalue weighted by molar-refractivity contribution is 7.09. The van der Waals surface area contributed by atoms with Gasteiger partial charge in [-0.2, -0.15) is 0 Å². The van der Waals surface area contributed by atoms with Gasteiger partial charge in [0.1, 0.15) is 11.1 Å². The van der Waals surface area contributed by atoms with E-state index in [2.05, 4.69) is 53.4 Å². The lowest BCUT2D eigenvalue weighted by Crippen LogP contribution is -2.45. The quantitative estimate of drug-likeness (QED) is 0.170. The van der Waals surface area contributed by atoms with Crippen LogP contribution >= 0.6 is 11.3 Å². The third kappa shape index (κ3) is 18.4. The summed E-state index contributed by atoms with van der Waals surface area (Å²) in [5, 5.41) is 12.2. The first-order chi connectivity index (χ1) is 17.9. The van der Waals surface area contributed by atoms with Gasteiger partial charge >= 0.3 is 0 Å². The number of carbonyl (C=O) groups excluding carboxylic acids is 2. The molecule has 0 fully saturated rings. The third-order valence-electron chi connectivity index (χ3n) is 5.71. The standard InChI is InChI=1S/C24H44N2O3S.C3H6O2.CH5N/c1-6-8-10-11-14-26(23(28)13-9-7-2)21(19(3)4)17-22(29-16-12-15-27)24-25-20(5)18-30-24;1-2-5-3-4;1-2/h18-19,21-22,27H,6-17H2,1-5H3;3H,2H2,1H3;2H2,1H3. The number of aryl methyl sites for hydroxylation is 1. The Bertz CT molecular complexity index is 658. The van der Waals surface area contributed by atoms with Gasteiger partial charge < -0.3 is 25.2 Å². The summed E-state index contributed by atoms with van der Waals surface area (Å²) in [6.45, 7) is 14.9. The van der Waals surface area contributed by atoms with Crippen LogP contribution in [0.15, 0.2) is 5.38 Å². The Labute approximate surface area is 230 Å². The van der Waals surface area contributed by atoms with Gasteiger partial charge in [0.05, 0.1) is 6.61 Å². The molecule has 0 aromatic carbocycles. The number of hydrogen-bond donors (Lipinski definition) is 2. The third-order valence-corrected chi connectivity index (χ3v) is 6.77. The zero-order valence-electron chi connectivity index (χ0n) is 24.5. The molecule has 0 bridgehead atoms. The van der Waals surface area contributed by atoms with Crippen LogP contribution in [-0.4, -0.2) is 66.8 Å². The van der Waals surface area contributed by atoms with Crippen molar-refractivity contribution in [2.45, 2.75) is 111 Å². The van der Waals surface area contributed by atoms with Gasteiger partial charge in [-0.15, -0.1) is 11.3 Å². The number of nitrogens with two attached hydrogens (primary N) is 1. The van der Waals surface area contributed by atoms with Crippen LogP contribution in [-0.2, 0) is 19.1 Å². The molecule has 1 aromatic rings. The monoisotopic (exact) mass is 545 g/mol. The Morgan fingerprint density at radius 1 is 1.14 bits per heavy atom. The highest BCUT2D eigenvalue weighted by Gasteiger charge is 2.30. The molecule has 0 aliphatic rings. The number of aromatic nitrogens is 1. The predicted molar refractivity (Wildman–Crippen MR) is 154 cm³/mol. The maximum Gasteiger partial charge on any atom is 0.293 e. The molecular formula is C28H55N3O5S. The number of unbranched alkanes of at least 4 members (excludes halogenated alkanes) is 4. The van der Waals surface area contributed by atoms with Crippen LogP contribution in [0.4, 0.5) is 0 Å². The Morgan fingerprint density at radius 3 is 2.27 bits per heavy atom. The van der Waals surface area contributed by atoms with E-state index in [9.17, 15) is 9.59 Å². The SMILES string of the molecule is CCCCCCN(C(=O)CCCC)C(CC(OCCCO)c1nc(C)cs1)C(C)C.CCOC=O.CN. The molecule has 2 atom stereocenters. The van der Waals surface area contributed by atoms with Gasteiger partial charge in [-0.3, -0.25) is 9.59 Å². The van der Waals surface area contributed by atoms with Crippen LogP contribution in [0.5, 0.6) is 0 Å². The normalized spacial score (nSPS) is 12.1. The van der Waals surface area contributed by atoms with Crippen LogP contribution in [0.3, 0.4) is 0 Å². The minimum Gasteiger partial charge on any atom is -0.468 e. The Hall–Kier alpha value is -1.55. The Kier molecular flexibility index (Phi) is 26.5. The van der Waals surface area contributed by atoms with Crippen molar-refractivity contribution in [1.29, 1.82) is 0 Å². The van der Waals surface area contributed by atoms with Gasteiger partial charge in [-0.25, -0.2) is 4.98 Å². The Balaban J connectivity index is 0. The summed E-state index contributed by atoms with van der Waals surface area (Å²) in [4.78, 5) is 29.1. The molecule has 0 aliphatic carbocycles. The second-order valence-corrected chi connectivity index (χ2v) is 10.0. The number of amides is 1. The van der Waals surface area contributed by atoms with Crippen LogP contribution in [0.25, 0.3) is 0 Å². The largest absolute Gasteiger partial charge is 0.468 e. The highest BCUT2D eigenvalue weighted by atomic mass is 32.1. The Morgan fingerprint density at radius 2 is 1.81 bits per heavy atom. The second kappa shape index (κ2) is 26.1. The van der Waals surface area contributed by atoms with E-state index < -0.39 is 0 Å². The molecule has 3 N–H and O–H groups in total. The molecule has 1 aromatic heterocycles. The van der Waals surface area contributed by atoms with Crippen molar-refractivity contribution in [2.75, 3.05) is 33.4 Å². The number of aliphatic hydroxyl groups excluding tert-OH is 1. The minimum atomic E-state index is -0.139. The molecule has 37 heavy (non-hydrogen) atoms. The van der Waals surface area contributed by atoms with Crippen molar-refractivity contribution in [1.82, 2.24) is 9.88 Å². The number of nitrogens with zero attached hydrogens (tertiary/aromatic N) is 2. The van der Waals surface area contributed by atoms with E-state index in [0.29, 0.717) is 38.4 Å². The molecule has 218 valence electrons. The van der Waals surface area contributed by atoms with Gasteiger partial charge in [-0.1, -0.05) is 53.4 Å². The average Bonchev–Trinajstić information content (AvgIpc) is 3.33. The van der Waals surface area contributed by atoms with Crippen LogP contribution in [0.1, 0.15) is 109 Å². The molecule has 0 saturated heterocycles. The summed E-state index contributed by atoms with van der Waals surface area (Å²) in [5.74, 6) is 0.614. The zero-order chi connectivity index (χ0) is 28.5. The van der Waals surface area contributed by atoms with Gasteiger partial charge in [0.15, 0.2) is 0 Å². The lowest BCUT2D eigenvalue weighted by Gasteiger charge is -2.37. The van der Waals surface area contributed by atoms with Gasteiger partial charge in [0.2, 0.25) is 5.91 Å². The summed E-state index contributed by atoms with van der Waals surface area (Å²) in [5.41, 5.74) is 5.50. The minimum absolute atomic E-state index is 0.121. The first-order valence-corrected chi connectivity index (χ1v) is 14.8. The first kappa shape index (κ1) is 37.6. The smallest absolute Gasteiger partial charge is 0.293 e. The summed E-state index contributed by atoms with van der Waals surface area (Å²) in [6.07, 6.45) is 8.47. The number of thiazole rings is 1. The number of carbonyl (C=O) groups is 2. The molecule has 1 heterocycles. The topological polar surface area (TPSA) is 115 Å². The van der Waals surface area contributed by atoms with E-state index >= 15 is 0 Å². The number of rotatable bonds is 19. The molecule has 0 saturated carbocycles. The zero-order valence-corrected chi connectivity index (χ0v) is 25.4. The van der Waals surface area contributed by atoms with Crippen molar-refractivity contribution in [2.24, 2.45) is 11.7 Å². The molecular weight excluding hydrogens is 490 g/mol. The molecule has 0 aliphatic heterocycles. The summed E-state index contributed by atoms with van der Waals surface area (Å²) >= 11 is 1.63. The summed E-state index contributed by atoms with van der Waals surface area (Å²) < 4.78 is 10.3. The van der Waals surface area contributed by atoms with Crippen LogP contribution in [0, 0.1) is 12.8 Å². The van der Waals surface area contributed by atoms with E-state index in [1.807, 2.05) is 6.92 Å². The maximum atomic E-state index is 13.1. The number of hydrogen-bond acceptors (Lipinski definition) is 8. The van der Waals surface area contributed by atoms with E-state index in [4.69, 9.17) is 9.84 Å². The average molecular weight is 546 g/mol. The molecule has 9 heteroatoms. The van der Waals surface area contributed by atoms with Crippen molar-refractivity contribution in [3.05, 3.63) is 16.1 Å². The lowest BCUT2D eigenvalue weighted by atomic mass is 9.95. The van der Waals surface area contributed by atoms with E-state index in [1.165, 1.54) is 26.3 Å². The molecule has 0 radical (unpaired) electrons. The van der Waals surface area contributed by atoms with Crippen molar-refractivity contribution >= 4 is 23.7 Å². The molecule has 0 spiro atoms. The van der Waals surface area contributed by atoms with Crippen molar-refractivity contribution in [3.63, 3.8) is 0 Å². The molecule has 1 amide bonds. The highest BCUT2D eigenvalue weighted by Crippen LogP contribution is 2.31. The maximum absolute atomic E-state index is 13.1. The van der Waals surface area contributed by atoms with E-state index in [-0.39, 0.29) is 24.7 Å². The van der Waals surface area contributed by atoms with Gasteiger partial charge in [-0.05, 0) is 46.1 Å². The van der Waals surface area contributed by atoms with Crippen molar-refractivity contribution in [3.8, 4) is 0 Å². The number of ether oxygens (including phenoxy) is 2. The van der Waals surface area contributed by atoms with E-state index in [1.54, 1.807) is 18.3 Å². The van der Waals surface area contributed by atoms with Crippen LogP contribution in [0.2, 0.25) is 0 Å². The molecule has 2 unspecified atom stereocenters. The summed E-state index contributed by atoms with van der Waals surface area (Å²) in [7, 11) is 1.50. The van der Waals surface area contributed by atoms with E-state index in [0.717, 1.165) is 42.9 Å². The lowest BCUT2D eigenvalue weighted by molar-refractivity contribution is -0.136. The fourth-order valence-corrected chi connectivity index (χ4v) is 4.61. The van der Waals surface area contributed by atoms with Gasteiger partial charge in [0, 0.05) is 49.7 Å². The molecule has 1 rings (SSSR count). The second-order valence-electron chi connectivity index (χ2n) is 9.11. The van der Waals surface area contributed by atoms with Crippen LogP contribution < -0.4 is 5.73 Å². The summed E-state index contributed by atoms with van der Waals surface area (Å²) in [6, 6.07) is 0.124. The molecule has 8 nitrogen and oxygen atoms in total.